The first kappa shape index (κ1) is 26.9. The average molecular weight is 552 g/mol. The monoisotopic (exact) mass is 551 g/mol. The molecule has 4 aromatic rings. The Morgan fingerprint density at radius 2 is 1.59 bits per heavy atom. The minimum atomic E-state index is -4.80. The van der Waals surface area contributed by atoms with Gasteiger partial charge in [-0.05, 0) is 73.1 Å². The van der Waals surface area contributed by atoms with Crippen molar-refractivity contribution in [1.29, 1.82) is 0 Å². The first-order valence-corrected chi connectivity index (χ1v) is 12.5. The summed E-state index contributed by atoms with van der Waals surface area (Å²) >= 11 is 0. The molecule has 1 aliphatic carbocycles. The van der Waals surface area contributed by atoms with E-state index in [-0.39, 0.29) is 17.4 Å². The third-order valence-corrected chi connectivity index (χ3v) is 6.96. The summed E-state index contributed by atoms with van der Waals surface area (Å²) in [6.07, 6.45) is -5.20. The summed E-state index contributed by atoms with van der Waals surface area (Å²) in [5.74, 6) is 1.04. The fourth-order valence-electron chi connectivity index (χ4n) is 5.62. The van der Waals surface area contributed by atoms with E-state index in [0.29, 0.717) is 34.6 Å². The van der Waals surface area contributed by atoms with E-state index in [4.69, 9.17) is 4.98 Å². The molecule has 2 atom stereocenters. The van der Waals surface area contributed by atoms with Crippen molar-refractivity contribution >= 4 is 22.7 Å². The van der Waals surface area contributed by atoms with Gasteiger partial charge in [-0.15, -0.1) is 13.2 Å². The Hall–Kier alpha value is -3.70. The molecule has 0 saturated heterocycles. The number of nitrogens with zero attached hydrogens (tertiary/aromatic N) is 4. The molecule has 1 aliphatic rings. The molecule has 0 radical (unpaired) electrons. The highest BCUT2D eigenvalue weighted by atomic mass is 19.4. The quantitative estimate of drug-likeness (QED) is 0.255. The number of aryl methyl sites for hydroxylation is 1. The zero-order valence-electron chi connectivity index (χ0n) is 21.4. The minimum absolute atomic E-state index is 0.0453. The van der Waals surface area contributed by atoms with Crippen LogP contribution in [0.15, 0.2) is 48.7 Å². The van der Waals surface area contributed by atoms with Gasteiger partial charge in [0.15, 0.2) is 5.69 Å². The van der Waals surface area contributed by atoms with Crippen LogP contribution in [0.3, 0.4) is 0 Å². The van der Waals surface area contributed by atoms with Crippen molar-refractivity contribution < 1.29 is 31.1 Å². The van der Waals surface area contributed by atoms with Crippen molar-refractivity contribution in [2.75, 3.05) is 5.32 Å². The van der Waals surface area contributed by atoms with Crippen LogP contribution in [0, 0.1) is 11.8 Å². The second-order valence-electron chi connectivity index (χ2n) is 10.3. The number of imidazole rings is 1. The number of hydrogen-bond donors (Lipinski definition) is 1. The number of anilines is 2. The molecule has 1 fully saturated rings. The Kier molecular flexibility index (Phi) is 6.76. The number of ether oxygens (including phenoxy) is 1. The van der Waals surface area contributed by atoms with Crippen LogP contribution in [0.5, 0.6) is 5.75 Å². The van der Waals surface area contributed by atoms with E-state index in [0.717, 1.165) is 29.5 Å². The van der Waals surface area contributed by atoms with Gasteiger partial charge in [-0.1, -0.05) is 19.9 Å². The Morgan fingerprint density at radius 1 is 0.923 bits per heavy atom. The van der Waals surface area contributed by atoms with E-state index in [1.54, 1.807) is 18.2 Å². The second kappa shape index (κ2) is 9.80. The van der Waals surface area contributed by atoms with Crippen LogP contribution >= 0.6 is 0 Å². The van der Waals surface area contributed by atoms with E-state index in [9.17, 15) is 26.3 Å². The van der Waals surface area contributed by atoms with Gasteiger partial charge in [0, 0.05) is 30.5 Å². The zero-order chi connectivity index (χ0) is 28.1. The number of aromatic nitrogens is 4. The molecule has 1 N–H and O–H groups in total. The van der Waals surface area contributed by atoms with E-state index in [1.807, 2.05) is 0 Å². The fourth-order valence-corrected chi connectivity index (χ4v) is 5.62. The summed E-state index contributed by atoms with van der Waals surface area (Å²) in [6.45, 7) is 4.38. The maximum atomic E-state index is 13.6. The maximum absolute atomic E-state index is 13.6. The average Bonchev–Trinajstić information content (AvgIpc) is 3.38. The molecule has 2 aromatic carbocycles. The first-order chi connectivity index (χ1) is 18.3. The predicted octanol–water partition coefficient (Wildman–Crippen LogP) is 8.10. The number of benzene rings is 2. The topological polar surface area (TPSA) is 56.9 Å². The molecule has 2 heterocycles. The highest BCUT2D eigenvalue weighted by Crippen LogP contribution is 2.42. The van der Waals surface area contributed by atoms with Crippen LogP contribution in [0.2, 0.25) is 0 Å². The highest BCUT2D eigenvalue weighted by molar-refractivity contribution is 5.85. The summed E-state index contributed by atoms with van der Waals surface area (Å²) in [6, 6.07) is 10.4. The molecule has 6 nitrogen and oxygen atoms in total. The molecule has 1 saturated carbocycles. The van der Waals surface area contributed by atoms with Crippen LogP contribution in [0.1, 0.15) is 44.8 Å². The summed E-state index contributed by atoms with van der Waals surface area (Å²) in [4.78, 5) is 4.73. The van der Waals surface area contributed by atoms with E-state index < -0.39 is 18.2 Å². The van der Waals surface area contributed by atoms with Gasteiger partial charge in [-0.2, -0.15) is 18.3 Å². The molecule has 2 unspecified atom stereocenters. The fraction of sp³-hybridized carbons (Fsp3) is 0.407. The van der Waals surface area contributed by atoms with Crippen LogP contribution in [-0.4, -0.2) is 25.7 Å². The van der Waals surface area contributed by atoms with Gasteiger partial charge in [0.25, 0.3) is 0 Å². The van der Waals surface area contributed by atoms with Crippen molar-refractivity contribution in [2.45, 2.75) is 51.7 Å². The first-order valence-electron chi connectivity index (χ1n) is 12.5. The lowest BCUT2D eigenvalue weighted by molar-refractivity contribution is -0.274. The highest BCUT2D eigenvalue weighted by Gasteiger charge is 2.37. The Bertz CT molecular complexity index is 1460. The molecular formula is C27H27F6N5O. The van der Waals surface area contributed by atoms with Gasteiger partial charge in [0.05, 0.1) is 11.0 Å². The van der Waals surface area contributed by atoms with Gasteiger partial charge in [0.2, 0.25) is 5.95 Å². The standard InChI is InChI=1S/C27H27F6N5O/c1-15-10-16(2)12-19(11-15)38-23-9-4-17(21-14-37(3)36-24(21)26(28,29)30)13-22(23)35-25(38)34-18-5-7-20(8-6-18)39-27(31,32)33/h4-9,13-16,19H,10-12H2,1-3H3,(H,34,35). The molecule has 5 rings (SSSR count). The summed E-state index contributed by atoms with van der Waals surface area (Å²) in [5.41, 5.74) is 1.05. The van der Waals surface area contributed by atoms with E-state index >= 15 is 0 Å². The molecule has 0 aliphatic heterocycles. The Balaban J connectivity index is 1.57. The molecule has 0 spiro atoms. The molecular weight excluding hydrogens is 524 g/mol. The van der Waals surface area contributed by atoms with Gasteiger partial charge in [-0.25, -0.2) is 4.98 Å². The lowest BCUT2D eigenvalue weighted by Gasteiger charge is -2.33. The normalized spacial score (nSPS) is 20.4. The lowest BCUT2D eigenvalue weighted by atomic mass is 9.80. The van der Waals surface area contributed by atoms with E-state index in [1.165, 1.54) is 37.5 Å². The third-order valence-electron chi connectivity index (χ3n) is 6.96. The summed E-state index contributed by atoms with van der Waals surface area (Å²) < 4.78 is 85.7. The van der Waals surface area contributed by atoms with Crippen molar-refractivity contribution in [3.8, 4) is 16.9 Å². The number of fused-ring (bicyclic) bond motifs is 1. The van der Waals surface area contributed by atoms with Crippen LogP contribution in [0.25, 0.3) is 22.2 Å². The molecule has 2 aromatic heterocycles. The number of alkyl halides is 6. The van der Waals surface area contributed by atoms with Crippen molar-refractivity contribution in [3.05, 3.63) is 54.4 Å². The zero-order valence-corrected chi connectivity index (χ0v) is 21.4. The predicted molar refractivity (Wildman–Crippen MR) is 135 cm³/mol. The maximum Gasteiger partial charge on any atom is 0.573 e. The SMILES string of the molecule is CC1CC(C)CC(n2c(Nc3ccc(OC(F)(F)F)cc3)nc3cc(-c4cn(C)nc4C(F)(F)F)ccc32)C1. The molecule has 39 heavy (non-hydrogen) atoms. The number of hydrogen-bond acceptors (Lipinski definition) is 4. The third kappa shape index (κ3) is 5.84. The Labute approximate surface area is 220 Å². The largest absolute Gasteiger partial charge is 0.573 e. The molecule has 12 heteroatoms. The van der Waals surface area contributed by atoms with Gasteiger partial charge in [0.1, 0.15) is 5.75 Å². The van der Waals surface area contributed by atoms with Crippen LogP contribution < -0.4 is 10.1 Å². The molecule has 0 bridgehead atoms. The van der Waals surface area contributed by atoms with Crippen molar-refractivity contribution in [3.63, 3.8) is 0 Å². The van der Waals surface area contributed by atoms with Gasteiger partial charge in [-0.3, -0.25) is 4.68 Å². The van der Waals surface area contributed by atoms with Crippen LogP contribution in [0.4, 0.5) is 38.0 Å². The van der Waals surface area contributed by atoms with Gasteiger partial charge < -0.3 is 14.6 Å². The molecule has 0 amide bonds. The second-order valence-corrected chi connectivity index (χ2v) is 10.3. The number of rotatable bonds is 5. The number of halogens is 6. The number of nitrogens with one attached hydrogen (secondary N) is 1. The minimum Gasteiger partial charge on any atom is -0.406 e. The van der Waals surface area contributed by atoms with Crippen LogP contribution in [-0.2, 0) is 13.2 Å². The summed E-state index contributed by atoms with van der Waals surface area (Å²) in [5, 5.41) is 6.81. The van der Waals surface area contributed by atoms with Gasteiger partial charge >= 0.3 is 12.5 Å². The lowest BCUT2D eigenvalue weighted by Crippen LogP contribution is -2.23. The van der Waals surface area contributed by atoms with Crippen molar-refractivity contribution in [2.24, 2.45) is 18.9 Å². The Morgan fingerprint density at radius 3 is 2.21 bits per heavy atom. The van der Waals surface area contributed by atoms with E-state index in [2.05, 4.69) is 33.6 Å². The molecule has 208 valence electrons. The van der Waals surface area contributed by atoms with Crippen molar-refractivity contribution in [1.82, 2.24) is 19.3 Å². The summed E-state index contributed by atoms with van der Waals surface area (Å²) in [7, 11) is 1.43. The smallest absolute Gasteiger partial charge is 0.406 e.